The van der Waals surface area contributed by atoms with E-state index in [-0.39, 0.29) is 140 Å². The molecule has 0 spiro atoms. The van der Waals surface area contributed by atoms with Gasteiger partial charge in [0.05, 0.1) is 30.3 Å². The number of aliphatic imine (C=N–C) groups is 1. The molecule has 25 nitrogen and oxygen atoms in total. The minimum absolute atomic E-state index is 0.0239. The van der Waals surface area contributed by atoms with Gasteiger partial charge >= 0.3 is 42.2 Å². The van der Waals surface area contributed by atoms with Crippen LogP contribution in [-0.2, 0) is 47.7 Å². The number of nitrogens with zero attached hydrogens (tertiary/aromatic N) is 3. The van der Waals surface area contributed by atoms with Crippen molar-refractivity contribution < 1.29 is 99.5 Å². The fourth-order valence-corrected chi connectivity index (χ4v) is 8.87. The fourth-order valence-electron chi connectivity index (χ4n) is 8.87. The Morgan fingerprint density at radius 3 is 1.42 bits per heavy atom. The van der Waals surface area contributed by atoms with Crippen LogP contribution in [0.15, 0.2) is 74.5 Å². The van der Waals surface area contributed by atoms with E-state index >= 15 is 0 Å². The lowest BCUT2D eigenvalue weighted by molar-refractivity contribution is -0.156. The third-order valence-corrected chi connectivity index (χ3v) is 12.7. The molecule has 6 rings (SSSR count). The Kier molecular flexibility index (Phi) is 27.9. The van der Waals surface area contributed by atoms with Crippen LogP contribution in [0.3, 0.4) is 0 Å². The lowest BCUT2D eigenvalue weighted by Crippen LogP contribution is -2.40. The number of hydrogen-bond donors (Lipinski definition) is 1. The van der Waals surface area contributed by atoms with Gasteiger partial charge in [0.15, 0.2) is 46.0 Å². The largest absolute Gasteiger partial charge is 0.460 e. The molecule has 1 aliphatic rings. The Balaban J connectivity index is 0.000000387. The SMILES string of the molecule is CC(=O)c1cc2c(OC(=O)CCCN(CCC(=O)OC(C)(C)C)C(=O)OC(C)(C)C)c3ccccc3c(OC(=O)NCCCCCC(=O)OC(C)(C)C)c2o1.CC(=O)c1cc2c(o1)C(=O)c1ccccc1C2=O.CC(C)(C)OC(=O)CCN(CCN=C=O)C(=O)OC(C)(C)C. The number of amides is 3. The molecule has 1 aliphatic carbocycles. The average Bonchev–Trinajstić information content (AvgIpc) is 1.74. The van der Waals surface area contributed by atoms with E-state index in [0.717, 1.165) is 0 Å². The predicted octanol–water partition coefficient (Wildman–Crippen LogP) is 13.0. The Bertz CT molecular complexity index is 3610. The van der Waals surface area contributed by atoms with Crippen molar-refractivity contribution in [2.75, 3.05) is 39.3 Å². The first-order chi connectivity index (χ1) is 44.1. The van der Waals surface area contributed by atoms with Crippen molar-refractivity contribution in [1.82, 2.24) is 15.1 Å². The van der Waals surface area contributed by atoms with Crippen molar-refractivity contribution in [3.05, 3.63) is 94.6 Å². The molecule has 2 heterocycles. The minimum Gasteiger partial charge on any atom is -0.460 e. The quantitative estimate of drug-likeness (QED) is 0.0118. The summed E-state index contributed by atoms with van der Waals surface area (Å²) in [5.74, 6) is -3.01. The van der Waals surface area contributed by atoms with Gasteiger partial charge in [-0.15, -0.1) is 0 Å². The van der Waals surface area contributed by atoms with Crippen LogP contribution in [0.25, 0.3) is 21.7 Å². The number of esters is 4. The van der Waals surface area contributed by atoms with Crippen molar-refractivity contribution in [2.45, 2.75) is 197 Å². The highest BCUT2D eigenvalue weighted by molar-refractivity contribution is 6.28. The monoisotopic (exact) mass is 1320 g/mol. The number of ether oxygens (including phenoxy) is 7. The molecule has 25 heteroatoms. The van der Waals surface area contributed by atoms with E-state index in [1.165, 1.54) is 41.9 Å². The normalized spacial score (nSPS) is 12.0. The molecule has 3 aromatic carbocycles. The van der Waals surface area contributed by atoms with Crippen molar-refractivity contribution in [1.29, 1.82) is 0 Å². The summed E-state index contributed by atoms with van der Waals surface area (Å²) in [6.45, 7) is 29.9. The van der Waals surface area contributed by atoms with Crippen LogP contribution in [-0.4, -0.2) is 148 Å². The second-order valence-corrected chi connectivity index (χ2v) is 27.1. The summed E-state index contributed by atoms with van der Waals surface area (Å²) in [6, 6.07) is 16.1. The fraction of sp³-hybridized carbons (Fsp3) is 0.514. The van der Waals surface area contributed by atoms with Crippen molar-refractivity contribution in [3.8, 4) is 11.5 Å². The number of Topliss-reactive ketones (excluding diaryl/α,β-unsaturated/α-hetero) is 2. The molecule has 0 fully saturated rings. The Labute approximate surface area is 553 Å². The van der Waals surface area contributed by atoms with Gasteiger partial charge in [0, 0.05) is 81.3 Å². The highest BCUT2D eigenvalue weighted by atomic mass is 16.6. The van der Waals surface area contributed by atoms with Gasteiger partial charge in [-0.05, 0) is 135 Å². The number of nitrogens with one attached hydrogen (secondary N) is 1. The van der Waals surface area contributed by atoms with E-state index in [9.17, 15) is 57.5 Å². The Hall–Kier alpha value is -9.51. The van der Waals surface area contributed by atoms with E-state index in [1.807, 2.05) is 20.8 Å². The summed E-state index contributed by atoms with van der Waals surface area (Å²) in [4.78, 5) is 152. The van der Waals surface area contributed by atoms with E-state index in [0.29, 0.717) is 41.2 Å². The molecule has 0 bridgehead atoms. The summed E-state index contributed by atoms with van der Waals surface area (Å²) in [7, 11) is 0. The summed E-state index contributed by atoms with van der Waals surface area (Å²) < 4.78 is 49.4. The zero-order valence-electron chi connectivity index (χ0n) is 57.6. The molecule has 0 unspecified atom stereocenters. The molecular formula is C70H90N4O21. The van der Waals surface area contributed by atoms with Gasteiger partial charge in [0.2, 0.25) is 11.9 Å². The number of rotatable bonds is 23. The number of benzene rings is 3. The number of isocyanates is 1. The van der Waals surface area contributed by atoms with Crippen molar-refractivity contribution in [3.63, 3.8) is 0 Å². The molecule has 0 aliphatic heterocycles. The van der Waals surface area contributed by atoms with Gasteiger partial charge in [-0.3, -0.25) is 38.4 Å². The Morgan fingerprint density at radius 2 is 0.926 bits per heavy atom. The van der Waals surface area contributed by atoms with Crippen LogP contribution in [0.1, 0.15) is 222 Å². The van der Waals surface area contributed by atoms with E-state index in [1.54, 1.807) is 132 Å². The number of furan rings is 2. The van der Waals surface area contributed by atoms with E-state index in [4.69, 9.17) is 42.0 Å². The molecule has 95 heavy (non-hydrogen) atoms. The second kappa shape index (κ2) is 34.1. The highest BCUT2D eigenvalue weighted by Gasteiger charge is 2.35. The summed E-state index contributed by atoms with van der Waals surface area (Å²) in [5.41, 5.74) is -2.35. The Morgan fingerprint density at radius 1 is 0.474 bits per heavy atom. The van der Waals surface area contributed by atoms with Gasteiger partial charge in [-0.25, -0.2) is 24.2 Å². The lowest BCUT2D eigenvalue weighted by atomic mass is 9.88. The molecule has 0 saturated carbocycles. The predicted molar refractivity (Wildman–Crippen MR) is 348 cm³/mol. The molecule has 5 aromatic rings. The number of carbonyl (C=O) groups is 11. The van der Waals surface area contributed by atoms with Gasteiger partial charge in [0.1, 0.15) is 33.8 Å². The number of hydrogen-bond acceptors (Lipinski definition) is 22. The molecule has 2 aromatic heterocycles. The van der Waals surface area contributed by atoms with Crippen LogP contribution in [0.4, 0.5) is 14.4 Å². The number of ketones is 4. The van der Waals surface area contributed by atoms with Crippen LogP contribution in [0.5, 0.6) is 11.5 Å². The first kappa shape index (κ1) is 77.9. The summed E-state index contributed by atoms with van der Waals surface area (Å²) >= 11 is 0. The van der Waals surface area contributed by atoms with Gasteiger partial charge in [-0.1, -0.05) is 55.0 Å². The van der Waals surface area contributed by atoms with E-state index < -0.39 is 70.0 Å². The maximum Gasteiger partial charge on any atom is 0.412 e. The molecule has 0 radical (unpaired) electrons. The van der Waals surface area contributed by atoms with Gasteiger partial charge in [-0.2, -0.15) is 0 Å². The van der Waals surface area contributed by atoms with Crippen molar-refractivity contribution >= 4 is 93.1 Å². The van der Waals surface area contributed by atoms with Crippen LogP contribution >= 0.6 is 0 Å². The van der Waals surface area contributed by atoms with Crippen LogP contribution in [0.2, 0.25) is 0 Å². The number of carbonyl (C=O) groups excluding carboxylic acids is 12. The molecule has 0 atom stereocenters. The topological polar surface area (TPSA) is 327 Å². The first-order valence-electron chi connectivity index (χ1n) is 31.2. The second-order valence-electron chi connectivity index (χ2n) is 27.1. The number of unbranched alkanes of at least 4 members (excludes halogenated alkanes) is 2. The first-order valence-corrected chi connectivity index (χ1v) is 31.2. The number of fused-ring (bicyclic) bond motifs is 4. The maximum atomic E-state index is 13.3. The van der Waals surface area contributed by atoms with Crippen LogP contribution in [0, 0.1) is 0 Å². The van der Waals surface area contributed by atoms with Gasteiger partial charge < -0.3 is 57.1 Å². The minimum atomic E-state index is -0.781. The smallest absolute Gasteiger partial charge is 0.412 e. The summed E-state index contributed by atoms with van der Waals surface area (Å²) in [5, 5.41) is 3.78. The third-order valence-electron chi connectivity index (χ3n) is 12.7. The zero-order valence-corrected chi connectivity index (χ0v) is 57.6. The third kappa shape index (κ3) is 26.4. The average molecular weight is 1320 g/mol. The van der Waals surface area contributed by atoms with Crippen LogP contribution < -0.4 is 14.8 Å². The van der Waals surface area contributed by atoms with Gasteiger partial charge in [0.25, 0.3) is 0 Å². The van der Waals surface area contributed by atoms with Crippen molar-refractivity contribution in [2.24, 2.45) is 4.99 Å². The molecule has 0 saturated heterocycles. The molecule has 3 amide bonds. The maximum absolute atomic E-state index is 13.3. The standard InChI is InChI=1S/C41H56N2O12.C15H26N2O5.C14H8O4/c1-26(44)30-25-29-34(51-31(45)20-16-23-43(38(49)55-41(8,9)10)24-21-33(47)54-40(5,6)7)27-17-13-14-18-28(27)35(36(29)50-30)52-37(48)42-22-15-11-12-19-32(46)53-39(2,3)4;1-14(2,3)21-12(19)7-9-17(10-8-16-11-18)13(20)22-15(4,5)6;1-7(15)11-6-10-12(16)8-4-2-3-5-9(8)13(17)14(10)18-11/h13-14,17-18,25H,11-12,15-16,19-24H2,1-10H3,(H,42,48);7-10H2,1-6H3;2-6H,1H3. The molecular weight excluding hydrogens is 1230 g/mol. The lowest BCUT2D eigenvalue weighted by Gasteiger charge is -2.27. The molecule has 1 N–H and O–H groups in total. The zero-order chi connectivity index (χ0) is 71.4. The molecule has 516 valence electrons. The highest BCUT2D eigenvalue weighted by Crippen LogP contribution is 2.45. The van der Waals surface area contributed by atoms with E-state index in [2.05, 4.69) is 10.3 Å². The summed E-state index contributed by atoms with van der Waals surface area (Å²) in [6.07, 6.45) is 1.66.